The quantitative estimate of drug-likeness (QED) is 0.819. The van der Waals surface area contributed by atoms with E-state index in [2.05, 4.69) is 0 Å². The zero-order valence-corrected chi connectivity index (χ0v) is 12.5. The van der Waals surface area contributed by atoms with Gasteiger partial charge in [-0.1, -0.05) is 0 Å². The molecule has 114 valence electrons. The van der Waals surface area contributed by atoms with Crippen LogP contribution in [0.15, 0.2) is 11.4 Å². The third kappa shape index (κ3) is 2.40. The summed E-state index contributed by atoms with van der Waals surface area (Å²) in [7, 11) is 0. The molecule has 0 aromatic carbocycles. The number of aliphatic hydroxyl groups is 1. The van der Waals surface area contributed by atoms with Crippen LogP contribution in [0.25, 0.3) is 0 Å². The van der Waals surface area contributed by atoms with Gasteiger partial charge in [0.2, 0.25) is 0 Å². The van der Waals surface area contributed by atoms with Gasteiger partial charge in [-0.15, -0.1) is 11.3 Å². The number of thiophene rings is 1. The van der Waals surface area contributed by atoms with Crippen LogP contribution in [0.5, 0.6) is 0 Å². The number of carbonyl (C=O) groups is 2. The van der Waals surface area contributed by atoms with Crippen LogP contribution in [-0.4, -0.2) is 57.2 Å². The summed E-state index contributed by atoms with van der Waals surface area (Å²) in [6.45, 7) is 2.65. The minimum absolute atomic E-state index is 0.0558. The molecular weight excluding hydrogens is 292 g/mol. The molecule has 0 spiro atoms. The van der Waals surface area contributed by atoms with E-state index in [9.17, 15) is 19.8 Å². The summed E-state index contributed by atoms with van der Waals surface area (Å²) in [4.78, 5) is 28.2. The Morgan fingerprint density at radius 3 is 2.86 bits per heavy atom. The van der Waals surface area contributed by atoms with E-state index in [0.29, 0.717) is 6.54 Å². The van der Waals surface area contributed by atoms with Gasteiger partial charge >= 0.3 is 12.0 Å². The summed E-state index contributed by atoms with van der Waals surface area (Å²) in [5.74, 6) is -1.05. The second-order valence-corrected chi connectivity index (χ2v) is 6.60. The average molecular weight is 310 g/mol. The van der Waals surface area contributed by atoms with E-state index >= 15 is 0 Å². The molecule has 3 atom stereocenters. The molecule has 0 saturated carbocycles. The molecule has 7 heteroatoms. The number of carboxylic acid groups (broad SMARTS) is 1. The molecule has 1 saturated heterocycles. The van der Waals surface area contributed by atoms with Gasteiger partial charge in [0.25, 0.3) is 0 Å². The molecule has 2 N–H and O–H groups in total. The van der Waals surface area contributed by atoms with Crippen LogP contribution < -0.4 is 0 Å². The Hall–Kier alpha value is -1.60. The monoisotopic (exact) mass is 310 g/mol. The molecular formula is C14H18N2O4S. The first-order valence-electron chi connectivity index (χ1n) is 7.03. The minimum atomic E-state index is -1.05. The van der Waals surface area contributed by atoms with E-state index in [1.165, 1.54) is 9.78 Å². The minimum Gasteiger partial charge on any atom is -0.480 e. The summed E-state index contributed by atoms with van der Waals surface area (Å²) in [5.41, 5.74) is 1.14. The maximum absolute atomic E-state index is 12.7. The predicted molar refractivity (Wildman–Crippen MR) is 77.3 cm³/mol. The van der Waals surface area contributed by atoms with Gasteiger partial charge in [-0.25, -0.2) is 9.59 Å². The zero-order chi connectivity index (χ0) is 15.1. The van der Waals surface area contributed by atoms with Gasteiger partial charge in [0, 0.05) is 24.4 Å². The molecule has 3 rings (SSSR count). The van der Waals surface area contributed by atoms with Crippen molar-refractivity contribution in [3.63, 3.8) is 0 Å². The van der Waals surface area contributed by atoms with E-state index in [0.717, 1.165) is 12.0 Å². The first kappa shape index (κ1) is 14.3. The zero-order valence-electron chi connectivity index (χ0n) is 11.7. The number of likely N-dealkylation sites (tertiary alicyclic amines) is 1. The molecule has 1 unspecified atom stereocenters. The van der Waals surface area contributed by atoms with Gasteiger partial charge in [0.1, 0.15) is 6.04 Å². The molecule has 1 aromatic rings. The number of aliphatic carboxylic acids is 1. The van der Waals surface area contributed by atoms with Gasteiger partial charge in [-0.3, -0.25) is 0 Å². The largest absolute Gasteiger partial charge is 0.480 e. The molecule has 0 aliphatic carbocycles. The average Bonchev–Trinajstić information content (AvgIpc) is 3.05. The number of nitrogens with zero attached hydrogens (tertiary/aromatic N) is 2. The first-order valence-corrected chi connectivity index (χ1v) is 7.91. The van der Waals surface area contributed by atoms with E-state index < -0.39 is 18.1 Å². The third-order valence-corrected chi connectivity index (χ3v) is 5.33. The molecule has 0 bridgehead atoms. The number of carbonyl (C=O) groups excluding carboxylic acids is 1. The second-order valence-electron chi connectivity index (χ2n) is 5.60. The normalized spacial score (nSPS) is 28.6. The van der Waals surface area contributed by atoms with Crippen LogP contribution in [-0.2, 0) is 11.2 Å². The fourth-order valence-electron chi connectivity index (χ4n) is 3.20. The molecule has 2 amide bonds. The van der Waals surface area contributed by atoms with E-state index in [4.69, 9.17) is 0 Å². The Kier molecular flexibility index (Phi) is 3.62. The Morgan fingerprint density at radius 1 is 1.38 bits per heavy atom. The molecule has 1 aromatic heterocycles. The lowest BCUT2D eigenvalue weighted by atomic mass is 10.0. The fraction of sp³-hybridized carbons (Fsp3) is 0.571. The van der Waals surface area contributed by atoms with E-state index in [1.54, 1.807) is 16.2 Å². The topological polar surface area (TPSA) is 81.1 Å². The Balaban J connectivity index is 1.81. The Labute approximate surface area is 126 Å². The fourth-order valence-corrected chi connectivity index (χ4v) is 4.16. The van der Waals surface area contributed by atoms with Crippen LogP contribution >= 0.6 is 11.3 Å². The van der Waals surface area contributed by atoms with Gasteiger partial charge in [0.05, 0.1) is 12.1 Å². The first-order chi connectivity index (χ1) is 9.99. The van der Waals surface area contributed by atoms with Crippen molar-refractivity contribution in [2.24, 2.45) is 0 Å². The lowest BCUT2D eigenvalue weighted by Crippen LogP contribution is -2.50. The lowest BCUT2D eigenvalue weighted by molar-refractivity contribution is -0.141. The number of amides is 2. The number of rotatable bonds is 1. The van der Waals surface area contributed by atoms with Crippen molar-refractivity contribution >= 4 is 23.3 Å². The Morgan fingerprint density at radius 2 is 2.14 bits per heavy atom. The number of aliphatic hydroxyl groups excluding tert-OH is 1. The van der Waals surface area contributed by atoms with E-state index in [1.807, 2.05) is 18.4 Å². The number of fused-ring (bicyclic) bond motifs is 1. The van der Waals surface area contributed by atoms with Crippen LogP contribution in [0.3, 0.4) is 0 Å². The summed E-state index contributed by atoms with van der Waals surface area (Å²) in [6.07, 6.45) is 0.149. The van der Waals surface area contributed by atoms with Gasteiger partial charge in [0.15, 0.2) is 0 Å². The molecule has 21 heavy (non-hydrogen) atoms. The van der Waals surface area contributed by atoms with Crippen molar-refractivity contribution in [1.82, 2.24) is 9.80 Å². The van der Waals surface area contributed by atoms with Crippen molar-refractivity contribution in [3.05, 3.63) is 21.9 Å². The highest BCUT2D eigenvalue weighted by Crippen LogP contribution is 2.34. The van der Waals surface area contributed by atoms with Crippen LogP contribution in [0.2, 0.25) is 0 Å². The molecule has 0 radical (unpaired) electrons. The van der Waals surface area contributed by atoms with Crippen molar-refractivity contribution in [3.8, 4) is 0 Å². The summed E-state index contributed by atoms with van der Waals surface area (Å²) in [6, 6.07) is 0.754. The van der Waals surface area contributed by atoms with E-state index in [-0.39, 0.29) is 25.0 Å². The van der Waals surface area contributed by atoms with Gasteiger partial charge in [-0.2, -0.15) is 0 Å². The van der Waals surface area contributed by atoms with Crippen LogP contribution in [0, 0.1) is 0 Å². The molecule has 2 aliphatic rings. The van der Waals surface area contributed by atoms with Gasteiger partial charge in [-0.05, 0) is 30.4 Å². The van der Waals surface area contributed by atoms with Crippen molar-refractivity contribution in [2.75, 3.05) is 13.1 Å². The number of carboxylic acids is 1. The standard InChI is InChI=1S/C14H18N2O4S/c1-8-10-3-5-21-12(10)2-4-15(8)14(20)16-7-9(17)6-11(16)13(18)19/h3,5,8-9,11,17H,2,4,6-7H2,1H3,(H,18,19)/t8?,9-,11-/m0/s1. The summed E-state index contributed by atoms with van der Waals surface area (Å²) < 4.78 is 0. The number of hydrogen-bond acceptors (Lipinski definition) is 4. The Bertz CT molecular complexity index is 573. The predicted octanol–water partition coefficient (Wildman–Crippen LogP) is 1.31. The summed E-state index contributed by atoms with van der Waals surface area (Å²) in [5, 5.41) is 20.9. The molecule has 6 nitrogen and oxygen atoms in total. The highest BCUT2D eigenvalue weighted by atomic mass is 32.1. The smallest absolute Gasteiger partial charge is 0.326 e. The third-order valence-electron chi connectivity index (χ3n) is 4.33. The molecule has 2 aliphatic heterocycles. The molecule has 1 fully saturated rings. The molecule has 3 heterocycles. The SMILES string of the molecule is CC1c2ccsc2CCN1C(=O)N1C[C@@H](O)C[C@H]1C(=O)O. The van der Waals surface area contributed by atoms with Crippen molar-refractivity contribution in [1.29, 1.82) is 0 Å². The number of urea groups is 1. The maximum Gasteiger partial charge on any atom is 0.326 e. The van der Waals surface area contributed by atoms with Crippen molar-refractivity contribution in [2.45, 2.75) is 38.0 Å². The van der Waals surface area contributed by atoms with Crippen LogP contribution in [0.4, 0.5) is 4.79 Å². The van der Waals surface area contributed by atoms with Gasteiger partial charge < -0.3 is 20.0 Å². The van der Waals surface area contributed by atoms with Crippen LogP contribution in [0.1, 0.15) is 29.8 Å². The highest BCUT2D eigenvalue weighted by Gasteiger charge is 2.42. The number of β-amino-alcohol motifs (C(OH)–C–C–N with tert-alkyl or cyclic N) is 1. The number of hydrogen-bond donors (Lipinski definition) is 2. The summed E-state index contributed by atoms with van der Waals surface area (Å²) >= 11 is 1.70. The maximum atomic E-state index is 12.7. The highest BCUT2D eigenvalue weighted by molar-refractivity contribution is 7.10. The second kappa shape index (κ2) is 5.31. The lowest BCUT2D eigenvalue weighted by Gasteiger charge is -2.37. The van der Waals surface area contributed by atoms with Crippen molar-refractivity contribution < 1.29 is 19.8 Å².